The minimum Gasteiger partial charge on any atom is -0.380 e. The van der Waals surface area contributed by atoms with Gasteiger partial charge < -0.3 is 5.32 Å². The second-order valence-electron chi connectivity index (χ2n) is 5.13. The first-order chi connectivity index (χ1) is 11.3. The zero-order valence-corrected chi connectivity index (χ0v) is 13.2. The highest BCUT2D eigenvalue weighted by Gasteiger charge is 2.06. The van der Waals surface area contributed by atoms with Crippen molar-refractivity contribution in [1.82, 2.24) is 9.78 Å². The Kier molecular flexibility index (Phi) is 4.60. The summed E-state index contributed by atoms with van der Waals surface area (Å²) in [7, 11) is 0. The summed E-state index contributed by atoms with van der Waals surface area (Å²) in [4.78, 5) is 0. The van der Waals surface area contributed by atoms with E-state index in [1.807, 2.05) is 35.1 Å². The van der Waals surface area contributed by atoms with E-state index in [0.29, 0.717) is 17.1 Å². The minimum atomic E-state index is 0.544. The van der Waals surface area contributed by atoms with E-state index in [0.717, 1.165) is 12.2 Å². The summed E-state index contributed by atoms with van der Waals surface area (Å²) in [5.74, 6) is 0. The van der Waals surface area contributed by atoms with Gasteiger partial charge in [-0.15, -0.1) is 0 Å². The first-order valence-corrected chi connectivity index (χ1v) is 7.62. The van der Waals surface area contributed by atoms with E-state index < -0.39 is 0 Å². The molecule has 0 aliphatic rings. The van der Waals surface area contributed by atoms with Crippen molar-refractivity contribution in [3.8, 4) is 6.07 Å². The maximum Gasteiger partial charge on any atom is 0.101 e. The van der Waals surface area contributed by atoms with Crippen LogP contribution in [0.1, 0.15) is 16.7 Å². The van der Waals surface area contributed by atoms with Crippen molar-refractivity contribution < 1.29 is 0 Å². The van der Waals surface area contributed by atoms with Crippen LogP contribution in [0.5, 0.6) is 0 Å². The number of nitrogens with one attached hydrogen (secondary N) is 1. The lowest BCUT2D eigenvalue weighted by molar-refractivity contribution is 0.682. The standard InChI is InChI=1S/C18H15ClN4/c19-17-6-7-18(16(10-17)11-20)21-12-14-4-1-2-5-15(14)13-23-9-3-8-22-23/h1-10,21H,12-13H2. The summed E-state index contributed by atoms with van der Waals surface area (Å²) in [6, 6.07) is 17.5. The SMILES string of the molecule is N#Cc1cc(Cl)ccc1NCc1ccccc1Cn1cccn1. The molecule has 3 aromatic rings. The van der Waals surface area contributed by atoms with Gasteiger partial charge in [0.25, 0.3) is 0 Å². The molecule has 0 spiro atoms. The number of rotatable bonds is 5. The minimum absolute atomic E-state index is 0.544. The van der Waals surface area contributed by atoms with E-state index in [4.69, 9.17) is 11.6 Å². The summed E-state index contributed by atoms with van der Waals surface area (Å²) in [5.41, 5.74) is 3.69. The normalized spacial score (nSPS) is 10.3. The fourth-order valence-electron chi connectivity index (χ4n) is 2.41. The van der Waals surface area contributed by atoms with Gasteiger partial charge in [-0.1, -0.05) is 35.9 Å². The largest absolute Gasteiger partial charge is 0.380 e. The first-order valence-electron chi connectivity index (χ1n) is 7.24. The Bertz CT molecular complexity index is 834. The molecule has 0 amide bonds. The number of nitriles is 1. The van der Waals surface area contributed by atoms with Crippen LogP contribution in [0, 0.1) is 11.3 Å². The van der Waals surface area contributed by atoms with Gasteiger partial charge in [-0.3, -0.25) is 4.68 Å². The van der Waals surface area contributed by atoms with Crippen molar-refractivity contribution in [2.75, 3.05) is 5.32 Å². The monoisotopic (exact) mass is 322 g/mol. The molecule has 0 fully saturated rings. The number of halogens is 1. The van der Waals surface area contributed by atoms with Gasteiger partial charge in [0, 0.05) is 24.0 Å². The van der Waals surface area contributed by atoms with Crippen LogP contribution >= 0.6 is 11.6 Å². The summed E-state index contributed by atoms with van der Waals surface area (Å²) < 4.78 is 1.89. The second-order valence-corrected chi connectivity index (χ2v) is 5.56. The van der Waals surface area contributed by atoms with E-state index >= 15 is 0 Å². The van der Waals surface area contributed by atoms with Gasteiger partial charge in [-0.25, -0.2) is 0 Å². The van der Waals surface area contributed by atoms with Crippen LogP contribution < -0.4 is 5.32 Å². The molecule has 23 heavy (non-hydrogen) atoms. The molecule has 0 atom stereocenters. The molecule has 0 saturated heterocycles. The third-order valence-electron chi connectivity index (χ3n) is 3.58. The fourth-order valence-corrected chi connectivity index (χ4v) is 2.58. The Labute approximate surface area is 139 Å². The van der Waals surface area contributed by atoms with Crippen molar-refractivity contribution in [1.29, 1.82) is 5.26 Å². The molecular weight excluding hydrogens is 308 g/mol. The molecule has 0 aliphatic carbocycles. The smallest absolute Gasteiger partial charge is 0.101 e. The molecule has 0 radical (unpaired) electrons. The Balaban J connectivity index is 1.78. The van der Waals surface area contributed by atoms with E-state index in [1.165, 1.54) is 11.1 Å². The lowest BCUT2D eigenvalue weighted by atomic mass is 10.1. The van der Waals surface area contributed by atoms with E-state index in [1.54, 1.807) is 18.3 Å². The number of nitrogens with zero attached hydrogens (tertiary/aromatic N) is 3. The average Bonchev–Trinajstić information content (AvgIpc) is 3.08. The predicted molar refractivity (Wildman–Crippen MR) is 91.3 cm³/mol. The van der Waals surface area contributed by atoms with Crippen molar-refractivity contribution in [3.05, 3.63) is 82.6 Å². The molecule has 2 aromatic carbocycles. The van der Waals surface area contributed by atoms with Gasteiger partial charge in [0.2, 0.25) is 0 Å². The van der Waals surface area contributed by atoms with Crippen LogP contribution in [0.25, 0.3) is 0 Å². The molecule has 4 nitrogen and oxygen atoms in total. The highest BCUT2D eigenvalue weighted by molar-refractivity contribution is 6.30. The second kappa shape index (κ2) is 6.99. The fraction of sp³-hybridized carbons (Fsp3) is 0.111. The Morgan fingerprint density at radius 2 is 1.96 bits per heavy atom. The molecule has 0 bridgehead atoms. The van der Waals surface area contributed by atoms with Crippen LogP contribution in [0.15, 0.2) is 60.9 Å². The van der Waals surface area contributed by atoms with Gasteiger partial charge >= 0.3 is 0 Å². The van der Waals surface area contributed by atoms with Crippen molar-refractivity contribution in [2.45, 2.75) is 13.1 Å². The number of benzene rings is 2. The molecule has 5 heteroatoms. The molecule has 114 valence electrons. The van der Waals surface area contributed by atoms with Crippen LogP contribution in [0.3, 0.4) is 0 Å². The number of hydrogen-bond donors (Lipinski definition) is 1. The molecular formula is C18H15ClN4. The topological polar surface area (TPSA) is 53.6 Å². The Morgan fingerprint density at radius 3 is 2.70 bits per heavy atom. The first kappa shape index (κ1) is 15.1. The zero-order chi connectivity index (χ0) is 16.1. The molecule has 0 unspecified atom stereocenters. The zero-order valence-electron chi connectivity index (χ0n) is 12.4. The average molecular weight is 323 g/mol. The van der Waals surface area contributed by atoms with Gasteiger partial charge in [-0.2, -0.15) is 10.4 Å². The molecule has 1 heterocycles. The lowest BCUT2D eigenvalue weighted by Gasteiger charge is -2.12. The van der Waals surface area contributed by atoms with E-state index in [9.17, 15) is 5.26 Å². The van der Waals surface area contributed by atoms with Crippen LogP contribution in [0.4, 0.5) is 5.69 Å². The van der Waals surface area contributed by atoms with Gasteiger partial charge in [0.05, 0.1) is 17.8 Å². The number of anilines is 1. The third kappa shape index (κ3) is 3.71. The van der Waals surface area contributed by atoms with E-state index in [-0.39, 0.29) is 0 Å². The highest BCUT2D eigenvalue weighted by atomic mass is 35.5. The highest BCUT2D eigenvalue weighted by Crippen LogP contribution is 2.21. The Morgan fingerprint density at radius 1 is 1.13 bits per heavy atom. The summed E-state index contributed by atoms with van der Waals surface area (Å²) in [5, 5.41) is 17.3. The predicted octanol–water partition coefficient (Wildman–Crippen LogP) is 4.07. The van der Waals surface area contributed by atoms with Gasteiger partial charge in [0.1, 0.15) is 6.07 Å². The van der Waals surface area contributed by atoms with Gasteiger partial charge in [-0.05, 0) is 35.4 Å². The van der Waals surface area contributed by atoms with Crippen LogP contribution in [-0.2, 0) is 13.1 Å². The van der Waals surface area contributed by atoms with Gasteiger partial charge in [0.15, 0.2) is 0 Å². The molecule has 3 rings (SSSR count). The quantitative estimate of drug-likeness (QED) is 0.770. The summed E-state index contributed by atoms with van der Waals surface area (Å²) in [6.45, 7) is 1.35. The van der Waals surface area contributed by atoms with Crippen molar-refractivity contribution >= 4 is 17.3 Å². The summed E-state index contributed by atoms with van der Waals surface area (Å²) >= 11 is 5.93. The maximum atomic E-state index is 9.21. The third-order valence-corrected chi connectivity index (χ3v) is 3.82. The number of hydrogen-bond acceptors (Lipinski definition) is 3. The van der Waals surface area contributed by atoms with Crippen molar-refractivity contribution in [2.24, 2.45) is 0 Å². The molecule has 0 saturated carbocycles. The lowest BCUT2D eigenvalue weighted by Crippen LogP contribution is -2.07. The Hall–Kier alpha value is -2.77. The molecule has 1 N–H and O–H groups in total. The summed E-state index contributed by atoms with van der Waals surface area (Å²) in [6.07, 6.45) is 3.71. The molecule has 0 aliphatic heterocycles. The molecule has 1 aromatic heterocycles. The van der Waals surface area contributed by atoms with Crippen LogP contribution in [-0.4, -0.2) is 9.78 Å². The maximum absolute atomic E-state index is 9.21. The van der Waals surface area contributed by atoms with Crippen molar-refractivity contribution in [3.63, 3.8) is 0 Å². The van der Waals surface area contributed by atoms with Crippen LogP contribution in [0.2, 0.25) is 5.02 Å². The number of aromatic nitrogens is 2. The van der Waals surface area contributed by atoms with E-state index in [2.05, 4.69) is 28.6 Å².